The number of pyridine rings is 1. The molecular weight excluding hydrogens is 733 g/mol. The summed E-state index contributed by atoms with van der Waals surface area (Å²) in [5.41, 5.74) is 5.71. The lowest BCUT2D eigenvalue weighted by Gasteiger charge is -2.34. The summed E-state index contributed by atoms with van der Waals surface area (Å²) in [7, 11) is 1.84. The number of carbonyl (C=O) groups excluding carboxylic acids is 3. The highest BCUT2D eigenvalue weighted by molar-refractivity contribution is 6.05. The SMILES string of the molecule is Cc1cc2cc(n1)-c1cnn(C)c1OCCC[C@@H](C)Cn1c(nc3ccc(CN4CCN(CCc5cc(F)c([C@H]6CCC(=O)NC6=O)c(F)c5)CC4)cc31)NC2=O. The van der Waals surface area contributed by atoms with Crippen LogP contribution >= 0.6 is 0 Å². The van der Waals surface area contributed by atoms with Gasteiger partial charge in [0.05, 0.1) is 41.0 Å². The topological polar surface area (TPSA) is 140 Å². The molecule has 0 saturated carbocycles. The van der Waals surface area contributed by atoms with Crippen molar-refractivity contribution in [1.29, 1.82) is 0 Å². The summed E-state index contributed by atoms with van der Waals surface area (Å²) in [5, 5.41) is 9.69. The highest BCUT2D eigenvalue weighted by Crippen LogP contribution is 2.32. The van der Waals surface area contributed by atoms with Gasteiger partial charge in [-0.3, -0.25) is 34.9 Å². The lowest BCUT2D eigenvalue weighted by atomic mass is 9.89. The molecule has 0 radical (unpaired) electrons. The van der Waals surface area contributed by atoms with Gasteiger partial charge in [-0.2, -0.15) is 5.10 Å². The first kappa shape index (κ1) is 38.3. The number of piperazine rings is 1. The van der Waals surface area contributed by atoms with Gasteiger partial charge in [0.2, 0.25) is 23.6 Å². The molecule has 3 aliphatic rings. The van der Waals surface area contributed by atoms with Crippen molar-refractivity contribution < 1.29 is 27.9 Å². The summed E-state index contributed by atoms with van der Waals surface area (Å²) in [5.74, 6) is -2.45. The molecular formula is C42H47F2N9O4. The number of piperidine rings is 1. The fourth-order valence-corrected chi connectivity index (χ4v) is 8.23. The molecule has 3 amide bonds. The van der Waals surface area contributed by atoms with Gasteiger partial charge < -0.3 is 14.2 Å². The van der Waals surface area contributed by atoms with Crippen LogP contribution in [-0.4, -0.2) is 91.2 Å². The van der Waals surface area contributed by atoms with Gasteiger partial charge in [-0.15, -0.1) is 0 Å². The normalized spacial score (nSPS) is 19.9. The number of hydrogen-bond acceptors (Lipinski definition) is 9. The van der Waals surface area contributed by atoms with Gasteiger partial charge in [0, 0.05) is 76.1 Å². The molecule has 57 heavy (non-hydrogen) atoms. The van der Waals surface area contributed by atoms with Gasteiger partial charge in [0.1, 0.15) is 11.6 Å². The molecule has 13 nitrogen and oxygen atoms in total. The summed E-state index contributed by atoms with van der Waals surface area (Å²) in [6.45, 7) is 9.95. The van der Waals surface area contributed by atoms with Gasteiger partial charge in [0.15, 0.2) is 0 Å². The second-order valence-corrected chi connectivity index (χ2v) is 15.6. The van der Waals surface area contributed by atoms with Crippen molar-refractivity contribution in [1.82, 2.24) is 39.4 Å². The van der Waals surface area contributed by atoms with Gasteiger partial charge >= 0.3 is 0 Å². The highest BCUT2D eigenvalue weighted by Gasteiger charge is 2.33. The van der Waals surface area contributed by atoms with Crippen LogP contribution in [0, 0.1) is 24.5 Å². The molecule has 3 aliphatic heterocycles. The van der Waals surface area contributed by atoms with Crippen molar-refractivity contribution >= 4 is 34.7 Å². The van der Waals surface area contributed by atoms with Crippen molar-refractivity contribution in [3.8, 4) is 17.1 Å². The molecule has 2 bridgehead atoms. The van der Waals surface area contributed by atoms with Crippen molar-refractivity contribution in [3.05, 3.63) is 88.2 Å². The van der Waals surface area contributed by atoms with Gasteiger partial charge in [-0.1, -0.05) is 13.0 Å². The Labute approximate surface area is 329 Å². The Morgan fingerprint density at radius 2 is 1.68 bits per heavy atom. The predicted molar refractivity (Wildman–Crippen MR) is 210 cm³/mol. The van der Waals surface area contributed by atoms with Crippen LogP contribution in [0.1, 0.15) is 71.3 Å². The molecule has 2 fully saturated rings. The van der Waals surface area contributed by atoms with Crippen LogP contribution in [-0.2, 0) is 36.1 Å². The number of anilines is 1. The van der Waals surface area contributed by atoms with E-state index in [2.05, 4.69) is 49.2 Å². The minimum Gasteiger partial charge on any atom is -0.477 e. The van der Waals surface area contributed by atoms with Crippen LogP contribution in [0.3, 0.4) is 0 Å². The van der Waals surface area contributed by atoms with E-state index in [1.165, 1.54) is 12.1 Å². The first-order valence-corrected chi connectivity index (χ1v) is 19.7. The number of halogens is 2. The summed E-state index contributed by atoms with van der Waals surface area (Å²) >= 11 is 0. The number of carbonyl (C=O) groups is 3. The zero-order chi connectivity index (χ0) is 39.8. The van der Waals surface area contributed by atoms with Crippen LogP contribution in [0.4, 0.5) is 14.7 Å². The van der Waals surface area contributed by atoms with Gasteiger partial charge in [0.25, 0.3) is 5.91 Å². The number of imide groups is 1. The van der Waals surface area contributed by atoms with Crippen LogP contribution in [0.2, 0.25) is 0 Å². The number of nitrogens with zero attached hydrogens (tertiary/aromatic N) is 7. The van der Waals surface area contributed by atoms with Gasteiger partial charge in [-0.25, -0.2) is 18.4 Å². The summed E-state index contributed by atoms with van der Waals surface area (Å²) in [6.07, 6.45) is 4.10. The van der Waals surface area contributed by atoms with E-state index in [0.717, 1.165) is 67.7 Å². The van der Waals surface area contributed by atoms with Crippen LogP contribution in [0.25, 0.3) is 22.3 Å². The molecule has 2 saturated heterocycles. The molecule has 6 heterocycles. The molecule has 15 heteroatoms. The van der Waals surface area contributed by atoms with E-state index in [9.17, 15) is 14.4 Å². The molecule has 298 valence electrons. The Morgan fingerprint density at radius 3 is 2.46 bits per heavy atom. The first-order valence-electron chi connectivity index (χ1n) is 19.7. The van der Waals surface area contributed by atoms with Gasteiger partial charge in [-0.05, 0) is 86.1 Å². The number of aryl methyl sites for hydroxylation is 2. The summed E-state index contributed by atoms with van der Waals surface area (Å²) in [6, 6.07) is 12.5. The molecule has 2 atom stereocenters. The maximum atomic E-state index is 15.1. The smallest absolute Gasteiger partial charge is 0.258 e. The number of ether oxygens (including phenoxy) is 1. The van der Waals surface area contributed by atoms with E-state index in [1.54, 1.807) is 23.0 Å². The fourth-order valence-electron chi connectivity index (χ4n) is 8.23. The Kier molecular flexibility index (Phi) is 10.9. The molecule has 0 unspecified atom stereocenters. The maximum absolute atomic E-state index is 15.1. The molecule has 3 aromatic heterocycles. The number of imidazole rings is 1. The molecule has 2 aromatic carbocycles. The average molecular weight is 780 g/mol. The third kappa shape index (κ3) is 8.30. The molecule has 8 rings (SSSR count). The van der Waals surface area contributed by atoms with E-state index >= 15 is 8.78 Å². The minimum absolute atomic E-state index is 0.0574. The molecule has 2 N–H and O–H groups in total. The van der Waals surface area contributed by atoms with Crippen LogP contribution in [0.5, 0.6) is 5.88 Å². The molecule has 5 aromatic rings. The van der Waals surface area contributed by atoms with E-state index in [4.69, 9.17) is 14.7 Å². The maximum Gasteiger partial charge on any atom is 0.258 e. The van der Waals surface area contributed by atoms with E-state index in [-0.39, 0.29) is 30.2 Å². The van der Waals surface area contributed by atoms with Crippen molar-refractivity contribution in [2.45, 2.75) is 65.0 Å². The Hall–Kier alpha value is -5.54. The minimum atomic E-state index is -1.00. The zero-order valence-electron chi connectivity index (χ0n) is 32.5. The number of benzene rings is 2. The Bertz CT molecular complexity index is 2330. The van der Waals surface area contributed by atoms with Crippen molar-refractivity contribution in [3.63, 3.8) is 0 Å². The van der Waals surface area contributed by atoms with Crippen LogP contribution in [0.15, 0.2) is 48.7 Å². The third-order valence-corrected chi connectivity index (χ3v) is 11.3. The van der Waals surface area contributed by atoms with E-state index in [0.29, 0.717) is 60.5 Å². The van der Waals surface area contributed by atoms with E-state index < -0.39 is 29.4 Å². The zero-order valence-corrected chi connectivity index (χ0v) is 32.5. The average Bonchev–Trinajstić information content (AvgIpc) is 3.71. The number of rotatable bonds is 6. The van der Waals surface area contributed by atoms with E-state index in [1.807, 2.05) is 20.0 Å². The molecule has 0 aliphatic carbocycles. The second-order valence-electron chi connectivity index (χ2n) is 15.6. The largest absolute Gasteiger partial charge is 0.477 e. The number of fused-ring (bicyclic) bond motifs is 7. The third-order valence-electron chi connectivity index (χ3n) is 11.3. The number of amides is 3. The summed E-state index contributed by atoms with van der Waals surface area (Å²) in [4.78, 5) is 51.8. The number of aromatic nitrogens is 5. The fraction of sp³-hybridized carbons (Fsp3) is 0.429. The monoisotopic (exact) mass is 779 g/mol. The highest BCUT2D eigenvalue weighted by atomic mass is 19.1. The first-order chi connectivity index (χ1) is 27.5. The van der Waals surface area contributed by atoms with Crippen molar-refractivity contribution in [2.24, 2.45) is 13.0 Å². The second kappa shape index (κ2) is 16.1. The number of hydrogen-bond donors (Lipinski definition) is 2. The lowest BCUT2D eigenvalue weighted by molar-refractivity contribution is -0.134. The Balaban J connectivity index is 0.934. The quantitative estimate of drug-likeness (QED) is 0.218. The van der Waals surface area contributed by atoms with Crippen molar-refractivity contribution in [2.75, 3.05) is 44.6 Å². The molecule has 0 spiro atoms. The Morgan fingerprint density at radius 1 is 0.912 bits per heavy atom. The number of nitrogens with one attached hydrogen (secondary N) is 2. The summed E-state index contributed by atoms with van der Waals surface area (Å²) < 4.78 is 40.2. The standard InChI is InChI=1S/C42H47F2N9O4/c1-25-5-4-16-57-41-31(22-45-50(41)3)35-21-29(17-26(2)46-35)39(55)49-42-47-34-8-6-28(20-36(34)53(42)23-25)24-52-14-12-51(13-15-52)11-10-27-18-32(43)38(33(44)19-27)30-7-9-37(54)48-40(30)56/h6,8,17-22,25,30H,4-5,7,9-16,23-24H2,1-3H3,(H,47,49,55)(H,48,54,56)/t25-,30-/m1/s1. The predicted octanol–water partition coefficient (Wildman–Crippen LogP) is 5.36. The lowest BCUT2D eigenvalue weighted by Crippen LogP contribution is -2.46. The van der Waals surface area contributed by atoms with Crippen LogP contribution < -0.4 is 15.4 Å².